The molecule has 3 rings (SSSR count). The number of benzene rings is 3. The highest BCUT2D eigenvalue weighted by Crippen LogP contribution is 2.27. The van der Waals surface area contributed by atoms with Gasteiger partial charge in [0.25, 0.3) is 10.0 Å². The van der Waals surface area contributed by atoms with Crippen LogP contribution >= 0.6 is 11.6 Å². The van der Waals surface area contributed by atoms with Gasteiger partial charge < -0.3 is 15.0 Å². The first-order valence-electron chi connectivity index (χ1n) is 13.4. The molecule has 1 N–H and O–H groups in total. The van der Waals surface area contributed by atoms with Gasteiger partial charge >= 0.3 is 0 Å². The number of rotatable bonds is 14. The normalized spacial score (nSPS) is 11.9. The van der Waals surface area contributed by atoms with E-state index in [0.717, 1.165) is 17.1 Å². The van der Waals surface area contributed by atoms with E-state index in [-0.39, 0.29) is 22.7 Å². The van der Waals surface area contributed by atoms with Gasteiger partial charge in [0, 0.05) is 23.7 Å². The maximum Gasteiger partial charge on any atom is 0.264 e. The Balaban J connectivity index is 2.01. The lowest BCUT2D eigenvalue weighted by Gasteiger charge is -2.32. The molecular formula is C30H35ClFN3O5S. The zero-order chi connectivity index (χ0) is 30.0. The van der Waals surface area contributed by atoms with Crippen LogP contribution in [0, 0.1) is 5.82 Å². The summed E-state index contributed by atoms with van der Waals surface area (Å²) in [5.41, 5.74) is 0.407. The van der Waals surface area contributed by atoms with Crippen molar-refractivity contribution in [3.05, 3.63) is 89.2 Å². The fourth-order valence-corrected chi connectivity index (χ4v) is 5.61. The van der Waals surface area contributed by atoms with Crippen LogP contribution in [-0.2, 0) is 26.2 Å². The Labute approximate surface area is 246 Å². The highest BCUT2D eigenvalue weighted by Gasteiger charge is 2.33. The van der Waals surface area contributed by atoms with Gasteiger partial charge in [0.15, 0.2) is 0 Å². The van der Waals surface area contributed by atoms with Gasteiger partial charge in [-0.05, 0) is 74.9 Å². The Morgan fingerprint density at radius 1 is 1.00 bits per heavy atom. The molecule has 0 fully saturated rings. The number of unbranched alkanes of at least 4 members (excludes halogenated alkanes) is 1. The summed E-state index contributed by atoms with van der Waals surface area (Å²) < 4.78 is 48.8. The lowest BCUT2D eigenvalue weighted by Crippen LogP contribution is -2.51. The van der Waals surface area contributed by atoms with E-state index in [1.54, 1.807) is 18.2 Å². The number of ether oxygens (including phenoxy) is 1. The van der Waals surface area contributed by atoms with Crippen LogP contribution in [0.3, 0.4) is 0 Å². The van der Waals surface area contributed by atoms with E-state index in [2.05, 4.69) is 5.32 Å². The highest BCUT2D eigenvalue weighted by molar-refractivity contribution is 7.92. The van der Waals surface area contributed by atoms with Crippen molar-refractivity contribution in [3.8, 4) is 5.75 Å². The predicted molar refractivity (Wildman–Crippen MR) is 158 cm³/mol. The summed E-state index contributed by atoms with van der Waals surface area (Å²) in [4.78, 5) is 28.0. The molecule has 0 saturated heterocycles. The second kappa shape index (κ2) is 14.8. The number of sulfonamides is 1. The molecule has 11 heteroatoms. The van der Waals surface area contributed by atoms with Crippen molar-refractivity contribution in [2.75, 3.05) is 24.0 Å². The molecule has 3 aromatic carbocycles. The largest absolute Gasteiger partial charge is 0.494 e. The van der Waals surface area contributed by atoms with Crippen molar-refractivity contribution >= 4 is 39.1 Å². The van der Waals surface area contributed by atoms with Crippen molar-refractivity contribution in [2.24, 2.45) is 0 Å². The molecule has 41 heavy (non-hydrogen) atoms. The molecular weight excluding hydrogens is 569 g/mol. The zero-order valence-electron chi connectivity index (χ0n) is 23.3. The van der Waals surface area contributed by atoms with Gasteiger partial charge in [-0.2, -0.15) is 0 Å². The number of carbonyl (C=O) groups is 2. The van der Waals surface area contributed by atoms with Crippen LogP contribution in [0.15, 0.2) is 77.7 Å². The van der Waals surface area contributed by atoms with Gasteiger partial charge in [-0.1, -0.05) is 43.1 Å². The number of carbonyl (C=O) groups excluding carboxylic acids is 2. The van der Waals surface area contributed by atoms with Crippen LogP contribution in [0.2, 0.25) is 5.02 Å². The molecule has 8 nitrogen and oxygen atoms in total. The number of amides is 2. The Bertz CT molecular complexity index is 1420. The third kappa shape index (κ3) is 8.43. The van der Waals surface area contributed by atoms with E-state index >= 15 is 0 Å². The number of hydrogen-bond donors (Lipinski definition) is 1. The van der Waals surface area contributed by atoms with E-state index < -0.39 is 40.2 Å². The lowest BCUT2D eigenvalue weighted by atomic mass is 10.1. The molecule has 3 aromatic rings. The van der Waals surface area contributed by atoms with Crippen LogP contribution in [0.4, 0.5) is 10.1 Å². The summed E-state index contributed by atoms with van der Waals surface area (Å²) in [6.07, 6.45) is 1.62. The van der Waals surface area contributed by atoms with E-state index in [1.165, 1.54) is 66.4 Å². The summed E-state index contributed by atoms with van der Waals surface area (Å²) >= 11 is 5.98. The monoisotopic (exact) mass is 603 g/mol. The molecule has 0 aliphatic rings. The van der Waals surface area contributed by atoms with Crippen molar-refractivity contribution in [3.63, 3.8) is 0 Å². The molecule has 0 spiro atoms. The third-order valence-electron chi connectivity index (χ3n) is 6.41. The molecule has 0 heterocycles. The number of halogens is 2. The molecule has 0 aliphatic carbocycles. The third-order valence-corrected chi connectivity index (χ3v) is 8.45. The van der Waals surface area contributed by atoms with E-state index in [9.17, 15) is 22.4 Å². The zero-order valence-corrected chi connectivity index (χ0v) is 24.9. The predicted octanol–water partition coefficient (Wildman–Crippen LogP) is 5.41. The molecule has 220 valence electrons. The van der Waals surface area contributed by atoms with Gasteiger partial charge in [0.1, 0.15) is 24.2 Å². The molecule has 0 unspecified atom stereocenters. The van der Waals surface area contributed by atoms with Crippen LogP contribution in [0.25, 0.3) is 0 Å². The minimum absolute atomic E-state index is 0.0744. The molecule has 0 aromatic heterocycles. The SMILES string of the molecule is CCCCNC(=O)[C@@H](C)N(Cc1ccccc1F)C(=O)CN(c1ccc(OCC)cc1)S(=O)(=O)c1ccc(Cl)cc1. The highest BCUT2D eigenvalue weighted by atomic mass is 35.5. The first-order chi connectivity index (χ1) is 19.6. The van der Waals surface area contributed by atoms with Crippen molar-refractivity contribution < 1.29 is 27.1 Å². The first-order valence-corrected chi connectivity index (χ1v) is 15.2. The van der Waals surface area contributed by atoms with Crippen molar-refractivity contribution in [2.45, 2.75) is 51.1 Å². The van der Waals surface area contributed by atoms with Crippen molar-refractivity contribution in [1.82, 2.24) is 10.2 Å². The maximum atomic E-state index is 14.6. The quantitative estimate of drug-likeness (QED) is 0.249. The topological polar surface area (TPSA) is 96.0 Å². The standard InChI is InChI=1S/C30H35ClFN3O5S/c1-4-6-19-33-30(37)22(3)34(20-23-9-7-8-10-28(23)32)29(36)21-35(25-13-15-26(16-14-25)40-5-2)41(38,39)27-17-11-24(31)12-18-27/h7-18,22H,4-6,19-21H2,1-3H3,(H,33,37)/t22-/m1/s1. The minimum Gasteiger partial charge on any atom is -0.494 e. The number of anilines is 1. The maximum absolute atomic E-state index is 14.6. The molecule has 0 aliphatic heterocycles. The van der Waals surface area contributed by atoms with Gasteiger partial charge in [-0.3, -0.25) is 13.9 Å². The number of hydrogen-bond acceptors (Lipinski definition) is 5. The molecule has 2 amide bonds. The van der Waals surface area contributed by atoms with Crippen LogP contribution in [0.1, 0.15) is 39.2 Å². The van der Waals surface area contributed by atoms with Gasteiger partial charge in [0.2, 0.25) is 11.8 Å². The summed E-state index contributed by atoms with van der Waals surface area (Å²) in [7, 11) is -4.26. The van der Waals surface area contributed by atoms with E-state index in [0.29, 0.717) is 23.9 Å². The van der Waals surface area contributed by atoms with E-state index in [1.807, 2.05) is 13.8 Å². The average molecular weight is 604 g/mol. The Hall–Kier alpha value is -3.63. The second-order valence-electron chi connectivity index (χ2n) is 9.33. The molecule has 1 atom stereocenters. The summed E-state index contributed by atoms with van der Waals surface area (Å²) in [5.74, 6) is -1.11. The van der Waals surface area contributed by atoms with Crippen LogP contribution < -0.4 is 14.4 Å². The smallest absolute Gasteiger partial charge is 0.264 e. The number of nitrogens with zero attached hydrogens (tertiary/aromatic N) is 2. The summed E-state index contributed by atoms with van der Waals surface area (Å²) in [5, 5.41) is 3.15. The summed E-state index contributed by atoms with van der Waals surface area (Å²) in [6.45, 7) is 5.33. The Morgan fingerprint density at radius 2 is 1.66 bits per heavy atom. The fourth-order valence-electron chi connectivity index (χ4n) is 4.07. The van der Waals surface area contributed by atoms with Gasteiger partial charge in [-0.25, -0.2) is 12.8 Å². The molecule has 0 bridgehead atoms. The fraction of sp³-hybridized carbons (Fsp3) is 0.333. The lowest BCUT2D eigenvalue weighted by molar-refractivity contribution is -0.139. The number of nitrogens with one attached hydrogen (secondary N) is 1. The molecule has 0 radical (unpaired) electrons. The Morgan fingerprint density at radius 3 is 2.27 bits per heavy atom. The van der Waals surface area contributed by atoms with Gasteiger partial charge in [-0.15, -0.1) is 0 Å². The van der Waals surface area contributed by atoms with Crippen molar-refractivity contribution in [1.29, 1.82) is 0 Å². The summed E-state index contributed by atoms with van der Waals surface area (Å²) in [6, 6.07) is 16.8. The van der Waals surface area contributed by atoms with Crippen LogP contribution in [0.5, 0.6) is 5.75 Å². The first kappa shape index (κ1) is 31.9. The Kier molecular flexibility index (Phi) is 11.5. The second-order valence-corrected chi connectivity index (χ2v) is 11.6. The van der Waals surface area contributed by atoms with E-state index in [4.69, 9.17) is 16.3 Å². The van der Waals surface area contributed by atoms with Crippen LogP contribution in [-0.4, -0.2) is 50.9 Å². The minimum atomic E-state index is -4.26. The molecule has 0 saturated carbocycles. The average Bonchev–Trinajstić information content (AvgIpc) is 2.96. The van der Waals surface area contributed by atoms with Gasteiger partial charge in [0.05, 0.1) is 17.2 Å².